The zero-order valence-electron chi connectivity index (χ0n) is 12.0. The van der Waals surface area contributed by atoms with Crippen molar-refractivity contribution in [2.75, 3.05) is 32.7 Å². The molecule has 2 nitrogen and oxygen atoms in total. The molecule has 1 aliphatic heterocycles. The van der Waals surface area contributed by atoms with Gasteiger partial charge in [0.15, 0.2) is 11.6 Å². The molecule has 0 amide bonds. The van der Waals surface area contributed by atoms with E-state index in [-0.39, 0.29) is 0 Å². The van der Waals surface area contributed by atoms with E-state index in [4.69, 9.17) is 0 Å². The van der Waals surface area contributed by atoms with Crippen molar-refractivity contribution >= 4 is 0 Å². The van der Waals surface area contributed by atoms with Crippen LogP contribution in [0.1, 0.15) is 31.2 Å². The van der Waals surface area contributed by atoms with E-state index in [1.807, 2.05) is 0 Å². The lowest BCUT2D eigenvalue weighted by molar-refractivity contribution is 0.226. The molecule has 4 heteroatoms. The topological polar surface area (TPSA) is 15.3 Å². The number of nitrogens with zero attached hydrogens (tertiary/aromatic N) is 1. The van der Waals surface area contributed by atoms with Crippen molar-refractivity contribution in [1.82, 2.24) is 10.2 Å². The van der Waals surface area contributed by atoms with Gasteiger partial charge in [-0.2, -0.15) is 0 Å². The summed E-state index contributed by atoms with van der Waals surface area (Å²) in [7, 11) is 0. The summed E-state index contributed by atoms with van der Waals surface area (Å²) < 4.78 is 25.8. The molecule has 1 N–H and O–H groups in total. The molecule has 0 atom stereocenters. The first-order valence-corrected chi connectivity index (χ1v) is 7.63. The highest BCUT2D eigenvalue weighted by atomic mass is 19.2. The van der Waals surface area contributed by atoms with Crippen LogP contribution in [0, 0.1) is 11.6 Å². The van der Waals surface area contributed by atoms with Crippen LogP contribution in [0.3, 0.4) is 0 Å². The van der Waals surface area contributed by atoms with Crippen LogP contribution in [0.2, 0.25) is 0 Å². The molecule has 1 saturated heterocycles. The minimum atomic E-state index is -0.775. The smallest absolute Gasteiger partial charge is 0.159 e. The molecule has 0 aliphatic carbocycles. The fourth-order valence-electron chi connectivity index (χ4n) is 2.66. The second kappa shape index (κ2) is 8.32. The monoisotopic (exact) mass is 282 g/mol. The van der Waals surface area contributed by atoms with Crippen molar-refractivity contribution in [2.45, 2.75) is 32.1 Å². The lowest BCUT2D eigenvalue weighted by atomic mass is 10.1. The van der Waals surface area contributed by atoms with Gasteiger partial charge >= 0.3 is 0 Å². The Hall–Kier alpha value is -1.00. The van der Waals surface area contributed by atoms with Crippen molar-refractivity contribution in [2.24, 2.45) is 0 Å². The zero-order chi connectivity index (χ0) is 14.2. The molecule has 0 saturated carbocycles. The predicted octanol–water partition coefficient (Wildman–Crippen LogP) is 2.97. The number of piperidine rings is 1. The molecule has 0 spiro atoms. The first kappa shape index (κ1) is 15.4. The highest BCUT2D eigenvalue weighted by molar-refractivity contribution is 5.17. The van der Waals surface area contributed by atoms with Crippen LogP contribution in [0.15, 0.2) is 18.2 Å². The van der Waals surface area contributed by atoms with Gasteiger partial charge in [-0.3, -0.25) is 0 Å². The first-order chi connectivity index (χ1) is 9.75. The van der Waals surface area contributed by atoms with E-state index in [1.54, 1.807) is 6.07 Å². The Labute approximate surface area is 120 Å². The minimum Gasteiger partial charge on any atom is -0.316 e. The molecule has 0 radical (unpaired) electrons. The summed E-state index contributed by atoms with van der Waals surface area (Å²) in [6.45, 7) is 5.45. The number of rotatable bonds is 7. The standard InChI is InChI=1S/C16H24F2N2/c17-15-6-5-14(13-16(15)18)7-9-19-8-4-12-20-10-2-1-3-11-20/h5-6,13,19H,1-4,7-12H2. The molecule has 0 unspecified atom stereocenters. The molecular weight excluding hydrogens is 258 g/mol. The summed E-state index contributed by atoms with van der Waals surface area (Å²) in [6.07, 6.45) is 5.94. The highest BCUT2D eigenvalue weighted by Gasteiger charge is 2.08. The molecule has 1 aliphatic rings. The summed E-state index contributed by atoms with van der Waals surface area (Å²) in [5, 5.41) is 3.36. The fraction of sp³-hybridized carbons (Fsp3) is 0.625. The van der Waals surface area contributed by atoms with Crippen molar-refractivity contribution in [3.63, 3.8) is 0 Å². The van der Waals surface area contributed by atoms with Crippen LogP contribution in [-0.2, 0) is 6.42 Å². The number of benzene rings is 1. The minimum absolute atomic E-state index is 0.737. The van der Waals surface area contributed by atoms with Gasteiger partial charge in [-0.15, -0.1) is 0 Å². The summed E-state index contributed by atoms with van der Waals surface area (Å²) >= 11 is 0. The largest absolute Gasteiger partial charge is 0.316 e. The third kappa shape index (κ3) is 5.17. The van der Waals surface area contributed by atoms with E-state index in [0.29, 0.717) is 0 Å². The van der Waals surface area contributed by atoms with Crippen LogP contribution >= 0.6 is 0 Å². The van der Waals surface area contributed by atoms with Crippen molar-refractivity contribution in [3.8, 4) is 0 Å². The second-order valence-corrected chi connectivity index (χ2v) is 5.50. The Morgan fingerprint density at radius 1 is 1.00 bits per heavy atom. The summed E-state index contributed by atoms with van der Waals surface area (Å²) in [6, 6.07) is 4.12. The molecule has 1 heterocycles. The van der Waals surface area contributed by atoms with E-state index >= 15 is 0 Å². The van der Waals surface area contributed by atoms with E-state index in [1.165, 1.54) is 44.5 Å². The Balaban J connectivity index is 1.53. The average Bonchev–Trinajstić information content (AvgIpc) is 2.47. The van der Waals surface area contributed by atoms with E-state index < -0.39 is 11.6 Å². The molecule has 1 aromatic rings. The normalized spacial score (nSPS) is 16.5. The molecule has 112 valence electrons. The summed E-state index contributed by atoms with van der Waals surface area (Å²) in [4.78, 5) is 2.53. The predicted molar refractivity (Wildman–Crippen MR) is 77.8 cm³/mol. The molecule has 0 bridgehead atoms. The number of hydrogen-bond donors (Lipinski definition) is 1. The summed E-state index contributed by atoms with van der Waals surface area (Å²) in [5.41, 5.74) is 0.840. The third-order valence-corrected chi connectivity index (χ3v) is 3.85. The van der Waals surface area contributed by atoms with Gasteiger partial charge in [0.25, 0.3) is 0 Å². The number of nitrogens with one attached hydrogen (secondary N) is 1. The Kier molecular flexibility index (Phi) is 6.40. The van der Waals surface area contributed by atoms with Gasteiger partial charge in [-0.05, 0) is 76.1 Å². The van der Waals surface area contributed by atoms with E-state index in [2.05, 4.69) is 10.2 Å². The molecule has 1 aromatic carbocycles. The maximum atomic E-state index is 13.0. The second-order valence-electron chi connectivity index (χ2n) is 5.50. The van der Waals surface area contributed by atoms with Crippen molar-refractivity contribution in [3.05, 3.63) is 35.4 Å². The quantitative estimate of drug-likeness (QED) is 0.774. The molecule has 20 heavy (non-hydrogen) atoms. The van der Waals surface area contributed by atoms with Gasteiger partial charge in [0.2, 0.25) is 0 Å². The lowest BCUT2D eigenvalue weighted by Gasteiger charge is -2.26. The molecular formula is C16H24F2N2. The van der Waals surface area contributed by atoms with E-state index in [9.17, 15) is 8.78 Å². The third-order valence-electron chi connectivity index (χ3n) is 3.85. The average molecular weight is 282 g/mol. The number of halogens is 2. The van der Waals surface area contributed by atoms with Crippen molar-refractivity contribution < 1.29 is 8.78 Å². The summed E-state index contributed by atoms with van der Waals surface area (Å²) in [5.74, 6) is -1.53. The Bertz CT molecular complexity index is 403. The van der Waals surface area contributed by atoms with Crippen molar-refractivity contribution in [1.29, 1.82) is 0 Å². The highest BCUT2D eigenvalue weighted by Crippen LogP contribution is 2.09. The van der Waals surface area contributed by atoms with Crippen LogP contribution in [0.25, 0.3) is 0 Å². The van der Waals surface area contributed by atoms with Gasteiger partial charge in [-0.25, -0.2) is 8.78 Å². The van der Waals surface area contributed by atoms with Gasteiger partial charge in [0.1, 0.15) is 0 Å². The van der Waals surface area contributed by atoms with E-state index in [0.717, 1.165) is 38.0 Å². The Morgan fingerprint density at radius 2 is 1.80 bits per heavy atom. The first-order valence-electron chi connectivity index (χ1n) is 7.63. The van der Waals surface area contributed by atoms with Crippen LogP contribution in [-0.4, -0.2) is 37.6 Å². The molecule has 2 rings (SSSR count). The maximum Gasteiger partial charge on any atom is 0.159 e. The number of likely N-dealkylation sites (tertiary alicyclic amines) is 1. The lowest BCUT2D eigenvalue weighted by Crippen LogP contribution is -2.32. The number of hydrogen-bond acceptors (Lipinski definition) is 2. The SMILES string of the molecule is Fc1ccc(CCNCCCN2CCCCC2)cc1F. The molecule has 0 aromatic heterocycles. The van der Waals surface area contributed by atoms with Gasteiger partial charge in [0.05, 0.1) is 0 Å². The van der Waals surface area contributed by atoms with Crippen LogP contribution in [0.4, 0.5) is 8.78 Å². The molecule has 1 fully saturated rings. The Morgan fingerprint density at radius 3 is 2.55 bits per heavy atom. The maximum absolute atomic E-state index is 13.0. The van der Waals surface area contributed by atoms with Crippen LogP contribution in [0.5, 0.6) is 0 Å². The van der Waals surface area contributed by atoms with Crippen LogP contribution < -0.4 is 5.32 Å². The fourth-order valence-corrected chi connectivity index (χ4v) is 2.66. The zero-order valence-corrected chi connectivity index (χ0v) is 12.0. The van der Waals surface area contributed by atoms with Gasteiger partial charge in [0, 0.05) is 0 Å². The van der Waals surface area contributed by atoms with Gasteiger partial charge < -0.3 is 10.2 Å². The van der Waals surface area contributed by atoms with Gasteiger partial charge in [-0.1, -0.05) is 12.5 Å².